The quantitative estimate of drug-likeness (QED) is 0.378. The van der Waals surface area contributed by atoms with E-state index in [0.29, 0.717) is 12.3 Å². The average molecular weight is 290 g/mol. The topological polar surface area (TPSA) is 54.3 Å². The second-order valence-corrected chi connectivity index (χ2v) is 5.08. The second-order valence-electron chi connectivity index (χ2n) is 5.08. The van der Waals surface area contributed by atoms with Gasteiger partial charge in [-0.15, -0.1) is 0 Å². The normalized spacial score (nSPS) is 21.5. The first-order chi connectivity index (χ1) is 10.3. The Labute approximate surface area is 125 Å². The first-order valence-corrected chi connectivity index (χ1v) is 7.00. The molecule has 0 aliphatic carbocycles. The minimum absolute atomic E-state index is 0.0737. The minimum atomic E-state index is -0.0737. The van der Waals surface area contributed by atoms with E-state index in [2.05, 4.69) is 28.3 Å². The largest absolute Gasteiger partial charge is 0.411 e. The molecule has 1 atom stereocenters. The van der Waals surface area contributed by atoms with Crippen molar-refractivity contribution in [2.75, 3.05) is 27.1 Å². The molecule has 1 aliphatic rings. The molecule has 1 aliphatic heterocycles. The van der Waals surface area contributed by atoms with E-state index in [-0.39, 0.29) is 12.8 Å². The van der Waals surface area contributed by atoms with E-state index in [0.717, 1.165) is 18.7 Å². The molecular weight excluding hydrogens is 268 g/mol. The average Bonchev–Trinajstić information content (AvgIpc) is 2.51. The van der Waals surface area contributed by atoms with Gasteiger partial charge in [-0.25, -0.2) is 0 Å². The van der Waals surface area contributed by atoms with Gasteiger partial charge in [0.15, 0.2) is 0 Å². The summed E-state index contributed by atoms with van der Waals surface area (Å²) in [5.74, 6) is 0. The third-order valence-corrected chi connectivity index (χ3v) is 3.61. The van der Waals surface area contributed by atoms with Crippen LogP contribution in [-0.2, 0) is 16.0 Å². The Bertz CT molecular complexity index is 500. The molecule has 0 saturated heterocycles. The summed E-state index contributed by atoms with van der Waals surface area (Å²) in [6.07, 6.45) is 2.07. The molecule has 1 N–H and O–H groups in total. The molecule has 0 spiro atoms. The Morgan fingerprint density at radius 1 is 1.33 bits per heavy atom. The number of ether oxygens (including phenoxy) is 2. The summed E-state index contributed by atoms with van der Waals surface area (Å²) in [4.78, 5) is 2.23. The Kier molecular flexibility index (Phi) is 5.92. The molecule has 21 heavy (non-hydrogen) atoms. The van der Waals surface area contributed by atoms with Crippen LogP contribution in [0.15, 0.2) is 47.1 Å². The van der Waals surface area contributed by atoms with Crippen LogP contribution >= 0.6 is 0 Å². The third-order valence-electron chi connectivity index (χ3n) is 3.61. The van der Waals surface area contributed by atoms with E-state index >= 15 is 0 Å². The highest BCUT2D eigenvalue weighted by molar-refractivity contribution is 6.04. The molecule has 114 valence electrons. The van der Waals surface area contributed by atoms with Gasteiger partial charge in [0, 0.05) is 20.2 Å². The summed E-state index contributed by atoms with van der Waals surface area (Å²) in [6.45, 7) is 4.21. The van der Waals surface area contributed by atoms with Crippen LogP contribution in [-0.4, -0.2) is 48.9 Å². The van der Waals surface area contributed by atoms with Crippen molar-refractivity contribution in [1.29, 1.82) is 0 Å². The van der Waals surface area contributed by atoms with E-state index < -0.39 is 0 Å². The fourth-order valence-corrected chi connectivity index (χ4v) is 2.49. The van der Waals surface area contributed by atoms with Crippen LogP contribution in [0.3, 0.4) is 0 Å². The van der Waals surface area contributed by atoms with Gasteiger partial charge in [-0.2, -0.15) is 0 Å². The molecule has 5 nitrogen and oxygen atoms in total. The Morgan fingerprint density at radius 2 is 2.10 bits per heavy atom. The van der Waals surface area contributed by atoms with Crippen molar-refractivity contribution in [1.82, 2.24) is 4.90 Å². The molecule has 0 saturated carbocycles. The van der Waals surface area contributed by atoms with Gasteiger partial charge in [0.05, 0.1) is 12.6 Å². The molecule has 2 rings (SSSR count). The van der Waals surface area contributed by atoms with Crippen molar-refractivity contribution in [3.8, 4) is 0 Å². The first-order valence-electron chi connectivity index (χ1n) is 7.00. The number of rotatable bonds is 6. The highest BCUT2D eigenvalue weighted by Crippen LogP contribution is 2.19. The number of benzene rings is 1. The predicted molar refractivity (Wildman–Crippen MR) is 81.4 cm³/mol. The van der Waals surface area contributed by atoms with E-state index in [9.17, 15) is 5.21 Å². The van der Waals surface area contributed by atoms with Gasteiger partial charge in [-0.1, -0.05) is 41.6 Å². The molecule has 1 heterocycles. The maximum absolute atomic E-state index is 9.31. The van der Waals surface area contributed by atoms with Gasteiger partial charge < -0.3 is 14.7 Å². The molecular formula is C16H22N2O3. The number of oxime groups is 1. The lowest BCUT2D eigenvalue weighted by Gasteiger charge is -2.34. The third kappa shape index (κ3) is 4.14. The maximum Gasteiger partial charge on any atom is 0.146 e. The SMILES string of the molecule is COCOCC1/C(=N\O)C(C)=CCN1Cc1ccccc1. The summed E-state index contributed by atoms with van der Waals surface area (Å²) in [5.41, 5.74) is 2.88. The Hall–Kier alpha value is -1.69. The van der Waals surface area contributed by atoms with Crippen LogP contribution in [0.25, 0.3) is 0 Å². The molecule has 1 aromatic carbocycles. The molecule has 5 heteroatoms. The lowest BCUT2D eigenvalue weighted by Crippen LogP contribution is -2.47. The number of hydrogen-bond acceptors (Lipinski definition) is 5. The summed E-state index contributed by atoms with van der Waals surface area (Å²) in [6, 6.07) is 10.2. The fourth-order valence-electron chi connectivity index (χ4n) is 2.49. The molecule has 1 aromatic rings. The minimum Gasteiger partial charge on any atom is -0.411 e. The standard InChI is InChI=1S/C16H22N2O3/c1-13-8-9-18(10-14-6-4-3-5-7-14)15(16(13)17-19)11-21-12-20-2/h3-8,15,19H,9-12H2,1-2H3/b17-16-. The zero-order chi connectivity index (χ0) is 15.1. The van der Waals surface area contributed by atoms with E-state index in [1.54, 1.807) is 7.11 Å². The Morgan fingerprint density at radius 3 is 2.76 bits per heavy atom. The second kappa shape index (κ2) is 7.93. The highest BCUT2D eigenvalue weighted by atomic mass is 16.7. The monoisotopic (exact) mass is 290 g/mol. The molecule has 0 amide bonds. The maximum atomic E-state index is 9.31. The van der Waals surface area contributed by atoms with Gasteiger partial charge in [0.25, 0.3) is 0 Å². The van der Waals surface area contributed by atoms with Crippen molar-refractivity contribution >= 4 is 5.71 Å². The van der Waals surface area contributed by atoms with Crippen molar-refractivity contribution in [3.05, 3.63) is 47.5 Å². The molecule has 0 aromatic heterocycles. The molecule has 0 fully saturated rings. The lowest BCUT2D eigenvalue weighted by molar-refractivity contribution is -0.0435. The smallest absolute Gasteiger partial charge is 0.146 e. The molecule has 0 radical (unpaired) electrons. The summed E-state index contributed by atoms with van der Waals surface area (Å²) in [7, 11) is 1.59. The zero-order valence-electron chi connectivity index (χ0n) is 12.5. The lowest BCUT2D eigenvalue weighted by atomic mass is 9.98. The first kappa shape index (κ1) is 15.7. The van der Waals surface area contributed by atoms with Crippen LogP contribution in [0.1, 0.15) is 12.5 Å². The Balaban J connectivity index is 2.13. The van der Waals surface area contributed by atoms with E-state index in [4.69, 9.17) is 9.47 Å². The number of nitrogens with zero attached hydrogens (tertiary/aromatic N) is 2. The summed E-state index contributed by atoms with van der Waals surface area (Å²) in [5, 5.41) is 12.8. The number of hydrogen-bond donors (Lipinski definition) is 1. The van der Waals surface area contributed by atoms with E-state index in [1.165, 1.54) is 5.56 Å². The van der Waals surface area contributed by atoms with Gasteiger partial charge in [-0.3, -0.25) is 4.90 Å². The molecule has 0 bridgehead atoms. The van der Waals surface area contributed by atoms with Crippen LogP contribution in [0.5, 0.6) is 0 Å². The van der Waals surface area contributed by atoms with Crippen molar-refractivity contribution in [2.45, 2.75) is 19.5 Å². The van der Waals surface area contributed by atoms with Crippen molar-refractivity contribution in [2.24, 2.45) is 5.16 Å². The zero-order valence-corrected chi connectivity index (χ0v) is 12.5. The summed E-state index contributed by atoms with van der Waals surface area (Å²) >= 11 is 0. The van der Waals surface area contributed by atoms with Gasteiger partial charge >= 0.3 is 0 Å². The van der Waals surface area contributed by atoms with Crippen LogP contribution in [0, 0.1) is 0 Å². The van der Waals surface area contributed by atoms with Gasteiger partial charge in [-0.05, 0) is 18.1 Å². The molecule has 1 unspecified atom stereocenters. The van der Waals surface area contributed by atoms with Crippen LogP contribution < -0.4 is 0 Å². The fraction of sp³-hybridized carbons (Fsp3) is 0.438. The summed E-state index contributed by atoms with van der Waals surface area (Å²) < 4.78 is 10.4. The predicted octanol–water partition coefficient (Wildman–Crippen LogP) is 2.27. The van der Waals surface area contributed by atoms with Gasteiger partial charge in [0.1, 0.15) is 12.5 Å². The highest BCUT2D eigenvalue weighted by Gasteiger charge is 2.29. The van der Waals surface area contributed by atoms with Crippen LogP contribution in [0.2, 0.25) is 0 Å². The van der Waals surface area contributed by atoms with E-state index in [1.807, 2.05) is 25.1 Å². The van der Waals surface area contributed by atoms with Crippen LogP contribution in [0.4, 0.5) is 0 Å². The van der Waals surface area contributed by atoms with Crippen molar-refractivity contribution < 1.29 is 14.7 Å². The van der Waals surface area contributed by atoms with Gasteiger partial charge in [0.2, 0.25) is 0 Å². The van der Waals surface area contributed by atoms with Crippen molar-refractivity contribution in [3.63, 3.8) is 0 Å². The number of methoxy groups -OCH3 is 1.